The van der Waals surface area contributed by atoms with E-state index in [9.17, 15) is 9.00 Å². The van der Waals surface area contributed by atoms with E-state index in [0.717, 1.165) is 25.7 Å². The van der Waals surface area contributed by atoms with Crippen LogP contribution >= 0.6 is 11.8 Å². The van der Waals surface area contributed by atoms with E-state index < -0.39 is 10.8 Å². The summed E-state index contributed by atoms with van der Waals surface area (Å²) in [5, 5.41) is 0. The maximum Gasteiger partial charge on any atom is 0.161 e. The minimum Gasteiger partial charge on any atom is -0.297 e. The lowest BCUT2D eigenvalue weighted by atomic mass is 10.0. The van der Waals surface area contributed by atoms with E-state index >= 15 is 0 Å². The summed E-state index contributed by atoms with van der Waals surface area (Å²) in [7, 11) is -1.02. The van der Waals surface area contributed by atoms with Gasteiger partial charge < -0.3 is 0 Å². The predicted molar refractivity (Wildman–Crippen MR) is 58.3 cm³/mol. The number of carbonyl (C=O) groups is 1. The van der Waals surface area contributed by atoms with Gasteiger partial charge in [-0.1, -0.05) is 12.8 Å². The SMILES string of the molecule is CS[C@@H](C(=O)C1CCCC1)[S@@](C)=O. The van der Waals surface area contributed by atoms with Crippen molar-refractivity contribution < 1.29 is 9.00 Å². The Morgan fingerprint density at radius 3 is 2.38 bits per heavy atom. The molecule has 1 rings (SSSR count). The first-order chi connectivity index (χ1) is 6.16. The molecular weight excluding hydrogens is 204 g/mol. The highest BCUT2D eigenvalue weighted by Gasteiger charge is 2.30. The molecule has 13 heavy (non-hydrogen) atoms. The average Bonchev–Trinajstić information content (AvgIpc) is 2.56. The second-order valence-electron chi connectivity index (χ2n) is 3.45. The fourth-order valence-electron chi connectivity index (χ4n) is 1.82. The lowest BCUT2D eigenvalue weighted by molar-refractivity contribution is -0.120. The van der Waals surface area contributed by atoms with Crippen LogP contribution in [-0.4, -0.2) is 27.1 Å². The van der Waals surface area contributed by atoms with E-state index in [1.165, 1.54) is 11.8 Å². The molecule has 0 amide bonds. The van der Waals surface area contributed by atoms with Crippen molar-refractivity contribution in [1.29, 1.82) is 0 Å². The summed E-state index contributed by atoms with van der Waals surface area (Å²) in [6.07, 6.45) is 7.81. The molecule has 0 aromatic carbocycles. The van der Waals surface area contributed by atoms with Crippen LogP contribution in [0.25, 0.3) is 0 Å². The predicted octanol–water partition coefficient (Wildman–Crippen LogP) is 1.81. The van der Waals surface area contributed by atoms with Gasteiger partial charge in [-0.3, -0.25) is 9.00 Å². The molecule has 1 saturated carbocycles. The largest absolute Gasteiger partial charge is 0.297 e. The van der Waals surface area contributed by atoms with Gasteiger partial charge in [0.15, 0.2) is 5.78 Å². The van der Waals surface area contributed by atoms with Crippen molar-refractivity contribution in [2.75, 3.05) is 12.5 Å². The minimum absolute atomic E-state index is 0.196. The average molecular weight is 220 g/mol. The Balaban J connectivity index is 2.57. The zero-order valence-corrected chi connectivity index (χ0v) is 9.75. The molecule has 1 fully saturated rings. The van der Waals surface area contributed by atoms with E-state index in [1.54, 1.807) is 6.26 Å². The number of carbonyl (C=O) groups excluding carboxylic acids is 1. The molecule has 1 aliphatic rings. The highest BCUT2D eigenvalue weighted by molar-refractivity contribution is 8.11. The standard InChI is InChI=1S/C9H16O2S2/c1-12-9(13(2)11)8(10)7-5-3-4-6-7/h7,9H,3-6H2,1-2H3/t9-,13-/m1/s1. The Kier molecular flexibility index (Phi) is 4.46. The van der Waals surface area contributed by atoms with Crippen LogP contribution in [0.1, 0.15) is 25.7 Å². The van der Waals surface area contributed by atoms with Gasteiger partial charge >= 0.3 is 0 Å². The fraction of sp³-hybridized carbons (Fsp3) is 0.889. The van der Waals surface area contributed by atoms with Crippen molar-refractivity contribution in [2.45, 2.75) is 30.3 Å². The van der Waals surface area contributed by atoms with Gasteiger partial charge in [0, 0.05) is 23.0 Å². The first-order valence-electron chi connectivity index (χ1n) is 4.55. The molecule has 1 aliphatic carbocycles. The highest BCUT2D eigenvalue weighted by Crippen LogP contribution is 2.29. The summed E-state index contributed by atoms with van der Waals surface area (Å²) in [5.74, 6) is 0.409. The summed E-state index contributed by atoms with van der Waals surface area (Å²) < 4.78 is 11.0. The zero-order chi connectivity index (χ0) is 9.84. The Morgan fingerprint density at radius 1 is 1.46 bits per heavy atom. The van der Waals surface area contributed by atoms with Crippen LogP contribution in [0.5, 0.6) is 0 Å². The van der Waals surface area contributed by atoms with Gasteiger partial charge in [-0.15, -0.1) is 11.8 Å². The Morgan fingerprint density at radius 2 is 2.00 bits per heavy atom. The number of ketones is 1. The highest BCUT2D eigenvalue weighted by atomic mass is 32.2. The van der Waals surface area contributed by atoms with E-state index in [-0.39, 0.29) is 16.3 Å². The third kappa shape index (κ3) is 2.81. The molecule has 0 aromatic heterocycles. The van der Waals surface area contributed by atoms with E-state index in [0.29, 0.717) is 0 Å². The number of hydrogen-bond acceptors (Lipinski definition) is 3. The molecular formula is C9H16O2S2. The number of rotatable bonds is 4. The summed E-state index contributed by atoms with van der Waals surface area (Å²) in [5.41, 5.74) is 0. The Labute approximate surface area is 86.3 Å². The lowest BCUT2D eigenvalue weighted by Gasteiger charge is -2.14. The molecule has 0 aromatic rings. The summed E-state index contributed by atoms with van der Waals surface area (Å²) in [4.78, 5) is 11.8. The van der Waals surface area contributed by atoms with E-state index in [1.807, 2.05) is 6.26 Å². The molecule has 0 bridgehead atoms. The van der Waals surface area contributed by atoms with Gasteiger partial charge in [0.2, 0.25) is 0 Å². The van der Waals surface area contributed by atoms with Crippen molar-refractivity contribution in [3.8, 4) is 0 Å². The lowest BCUT2D eigenvalue weighted by Crippen LogP contribution is -2.27. The molecule has 0 unspecified atom stereocenters. The molecule has 76 valence electrons. The second kappa shape index (κ2) is 5.15. The molecule has 2 atom stereocenters. The van der Waals surface area contributed by atoms with Gasteiger partial charge in [0.1, 0.15) is 4.58 Å². The number of thioether (sulfide) groups is 1. The van der Waals surface area contributed by atoms with Crippen LogP contribution in [0.2, 0.25) is 0 Å². The van der Waals surface area contributed by atoms with Crippen LogP contribution in [0.3, 0.4) is 0 Å². The van der Waals surface area contributed by atoms with Gasteiger partial charge in [-0.25, -0.2) is 0 Å². The molecule has 0 saturated heterocycles. The molecule has 2 nitrogen and oxygen atoms in total. The first kappa shape index (κ1) is 11.2. The fourth-order valence-corrected chi connectivity index (χ4v) is 3.85. The molecule has 0 aliphatic heterocycles. The van der Waals surface area contributed by atoms with E-state index in [4.69, 9.17) is 0 Å². The van der Waals surface area contributed by atoms with Gasteiger partial charge in [-0.05, 0) is 19.1 Å². The van der Waals surface area contributed by atoms with Crippen molar-refractivity contribution in [2.24, 2.45) is 5.92 Å². The second-order valence-corrected chi connectivity index (χ2v) is 6.16. The monoisotopic (exact) mass is 220 g/mol. The topological polar surface area (TPSA) is 34.1 Å². The van der Waals surface area contributed by atoms with Crippen molar-refractivity contribution in [3.05, 3.63) is 0 Å². The van der Waals surface area contributed by atoms with Crippen molar-refractivity contribution >= 4 is 28.3 Å². The third-order valence-corrected chi connectivity index (χ3v) is 5.39. The van der Waals surface area contributed by atoms with E-state index in [2.05, 4.69) is 0 Å². The Hall–Kier alpha value is 0.170. The first-order valence-corrected chi connectivity index (χ1v) is 7.46. The summed E-state index contributed by atoms with van der Waals surface area (Å²) in [6.45, 7) is 0. The van der Waals surface area contributed by atoms with Crippen LogP contribution in [0.4, 0.5) is 0 Å². The van der Waals surface area contributed by atoms with Gasteiger partial charge in [0.25, 0.3) is 0 Å². The van der Waals surface area contributed by atoms with Crippen LogP contribution < -0.4 is 0 Å². The third-order valence-electron chi connectivity index (χ3n) is 2.51. The molecule has 0 radical (unpaired) electrons. The van der Waals surface area contributed by atoms with Crippen LogP contribution in [-0.2, 0) is 15.6 Å². The molecule has 0 spiro atoms. The maximum atomic E-state index is 11.8. The summed E-state index contributed by atoms with van der Waals surface area (Å²) >= 11 is 1.42. The number of Topliss-reactive ketones (excluding diaryl/α,β-unsaturated/α-hetero) is 1. The normalized spacial score (nSPS) is 22.9. The van der Waals surface area contributed by atoms with Crippen molar-refractivity contribution in [3.63, 3.8) is 0 Å². The van der Waals surface area contributed by atoms with Gasteiger partial charge in [0.05, 0.1) is 0 Å². The number of hydrogen-bond donors (Lipinski definition) is 0. The quantitative estimate of drug-likeness (QED) is 0.724. The minimum atomic E-state index is -1.02. The smallest absolute Gasteiger partial charge is 0.161 e. The Bertz CT molecular complexity index is 210. The maximum absolute atomic E-state index is 11.8. The molecule has 0 N–H and O–H groups in total. The van der Waals surface area contributed by atoms with Gasteiger partial charge in [-0.2, -0.15) is 0 Å². The molecule has 0 heterocycles. The molecule has 4 heteroatoms. The van der Waals surface area contributed by atoms with Crippen molar-refractivity contribution in [1.82, 2.24) is 0 Å². The zero-order valence-electron chi connectivity index (χ0n) is 8.12. The summed E-state index contributed by atoms with van der Waals surface area (Å²) in [6, 6.07) is 0. The van der Waals surface area contributed by atoms with Crippen LogP contribution in [0, 0.1) is 5.92 Å². The van der Waals surface area contributed by atoms with Crippen LogP contribution in [0.15, 0.2) is 0 Å².